The van der Waals surface area contributed by atoms with Crippen molar-refractivity contribution in [2.24, 2.45) is 16.2 Å². The molecule has 0 aromatic carbocycles. The first-order chi connectivity index (χ1) is 6.38. The molecule has 0 radical (unpaired) electrons. The van der Waals surface area contributed by atoms with Crippen LogP contribution in [0.3, 0.4) is 0 Å². The van der Waals surface area contributed by atoms with Crippen LogP contribution in [0, 0.1) is 16.2 Å². The lowest BCUT2D eigenvalue weighted by atomic mass is 9.47. The van der Waals surface area contributed by atoms with E-state index in [0.717, 1.165) is 0 Å². The second kappa shape index (κ2) is 3.00. The molecule has 0 aromatic rings. The van der Waals surface area contributed by atoms with Crippen LogP contribution in [0.2, 0.25) is 0 Å². The van der Waals surface area contributed by atoms with Gasteiger partial charge in [0.1, 0.15) is 0 Å². The zero-order valence-corrected chi connectivity index (χ0v) is 12.0. The fourth-order valence-electron chi connectivity index (χ4n) is 2.80. The van der Waals surface area contributed by atoms with Crippen LogP contribution in [-0.4, -0.2) is 11.7 Å². The Morgan fingerprint density at radius 1 is 0.733 bits per heavy atom. The van der Waals surface area contributed by atoms with E-state index in [1.165, 1.54) is 0 Å². The molecular weight excluding hydrogens is 184 g/mol. The zero-order chi connectivity index (χ0) is 12.3. The van der Waals surface area contributed by atoms with E-state index in [4.69, 9.17) is 4.74 Å². The first-order valence-corrected chi connectivity index (χ1v) is 6.06. The summed E-state index contributed by atoms with van der Waals surface area (Å²) in [6, 6.07) is 0. The Morgan fingerprint density at radius 3 is 1.53 bits per heavy atom. The average Bonchev–Trinajstić information content (AvgIpc) is 2.00. The summed E-state index contributed by atoms with van der Waals surface area (Å²) in [7, 11) is 0. The van der Waals surface area contributed by atoms with Crippen LogP contribution in [0.1, 0.15) is 62.3 Å². The predicted octanol–water partition coefficient (Wildman–Crippen LogP) is 4.26. The molecule has 0 N–H and O–H groups in total. The van der Waals surface area contributed by atoms with Crippen molar-refractivity contribution >= 4 is 0 Å². The molecule has 1 aliphatic heterocycles. The van der Waals surface area contributed by atoms with Crippen molar-refractivity contribution in [3.05, 3.63) is 0 Å². The Kier molecular flexibility index (Phi) is 2.60. The van der Waals surface area contributed by atoms with Crippen molar-refractivity contribution in [2.75, 3.05) is 0 Å². The van der Waals surface area contributed by atoms with E-state index in [1.54, 1.807) is 0 Å². The van der Waals surface area contributed by atoms with Gasteiger partial charge in [-0.1, -0.05) is 41.5 Å². The summed E-state index contributed by atoms with van der Waals surface area (Å²) in [4.78, 5) is 0. The molecule has 1 atom stereocenters. The molecule has 1 saturated heterocycles. The van der Waals surface area contributed by atoms with Gasteiger partial charge in [-0.05, 0) is 37.0 Å². The van der Waals surface area contributed by atoms with Gasteiger partial charge in [-0.15, -0.1) is 0 Å². The van der Waals surface area contributed by atoms with Crippen molar-refractivity contribution in [3.8, 4) is 0 Å². The highest BCUT2D eigenvalue weighted by atomic mass is 16.5. The molecule has 0 aliphatic carbocycles. The molecular formula is C14H28O. The molecule has 0 aromatic heterocycles. The molecule has 15 heavy (non-hydrogen) atoms. The van der Waals surface area contributed by atoms with Gasteiger partial charge in [0.2, 0.25) is 0 Å². The second-order valence-corrected chi connectivity index (χ2v) is 7.24. The first-order valence-electron chi connectivity index (χ1n) is 6.06. The van der Waals surface area contributed by atoms with Crippen molar-refractivity contribution < 1.29 is 4.74 Å². The maximum atomic E-state index is 6.24. The Balaban J connectivity index is 3.30. The van der Waals surface area contributed by atoms with E-state index < -0.39 is 0 Å². The van der Waals surface area contributed by atoms with Crippen LogP contribution < -0.4 is 0 Å². The summed E-state index contributed by atoms with van der Waals surface area (Å²) in [5, 5.41) is 0. The quantitative estimate of drug-likeness (QED) is 0.583. The van der Waals surface area contributed by atoms with Gasteiger partial charge in [0, 0.05) is 0 Å². The van der Waals surface area contributed by atoms with Crippen LogP contribution in [0.5, 0.6) is 0 Å². The summed E-state index contributed by atoms with van der Waals surface area (Å²) >= 11 is 0. The highest BCUT2D eigenvalue weighted by Crippen LogP contribution is 2.62. The minimum Gasteiger partial charge on any atom is -0.371 e. The summed E-state index contributed by atoms with van der Waals surface area (Å²) in [6.45, 7) is 20.7. The Bertz CT molecular complexity index is 259. The minimum atomic E-state index is -0.0641. The summed E-state index contributed by atoms with van der Waals surface area (Å²) < 4.78 is 6.24. The smallest absolute Gasteiger partial charge is 0.0686 e. The third-order valence-electron chi connectivity index (χ3n) is 6.17. The van der Waals surface area contributed by atoms with Gasteiger partial charge in [-0.2, -0.15) is 0 Å². The zero-order valence-electron chi connectivity index (χ0n) is 12.0. The standard InChI is InChI=1S/C14H28O/c1-10-11(2,3)12(4,5)13(6,7)14(8,9)15-10/h10H,1-9H3. The molecule has 1 nitrogen and oxygen atoms in total. The maximum Gasteiger partial charge on any atom is 0.0686 e. The van der Waals surface area contributed by atoms with Crippen molar-refractivity contribution in [3.63, 3.8) is 0 Å². The second-order valence-electron chi connectivity index (χ2n) is 7.24. The monoisotopic (exact) mass is 212 g/mol. The molecule has 1 heteroatoms. The Morgan fingerprint density at radius 2 is 1.13 bits per heavy atom. The lowest BCUT2D eigenvalue weighted by Crippen LogP contribution is -2.65. The average molecular weight is 212 g/mol. The number of ether oxygens (including phenoxy) is 1. The molecule has 0 saturated carbocycles. The van der Waals surface area contributed by atoms with Crippen LogP contribution in [0.25, 0.3) is 0 Å². The predicted molar refractivity (Wildman–Crippen MR) is 66.0 cm³/mol. The van der Waals surface area contributed by atoms with E-state index >= 15 is 0 Å². The highest BCUT2D eigenvalue weighted by molar-refractivity contribution is 5.09. The number of hydrogen-bond donors (Lipinski definition) is 0. The maximum absolute atomic E-state index is 6.24. The summed E-state index contributed by atoms with van der Waals surface area (Å²) in [6.07, 6.45) is 0.301. The van der Waals surface area contributed by atoms with E-state index in [1.807, 2.05) is 0 Å². The minimum absolute atomic E-state index is 0.0641. The molecule has 0 spiro atoms. The fraction of sp³-hybridized carbons (Fsp3) is 1.00. The SMILES string of the molecule is CC1OC(C)(C)C(C)(C)C(C)(C)C1(C)C. The van der Waals surface area contributed by atoms with E-state index in [9.17, 15) is 0 Å². The lowest BCUT2D eigenvalue weighted by Gasteiger charge is -2.65. The fourth-order valence-corrected chi connectivity index (χ4v) is 2.80. The highest BCUT2D eigenvalue weighted by Gasteiger charge is 2.61. The van der Waals surface area contributed by atoms with Crippen molar-refractivity contribution in [1.29, 1.82) is 0 Å². The van der Waals surface area contributed by atoms with E-state index in [0.29, 0.717) is 6.10 Å². The topological polar surface area (TPSA) is 9.23 Å². The van der Waals surface area contributed by atoms with Gasteiger partial charge in [0.25, 0.3) is 0 Å². The third kappa shape index (κ3) is 1.39. The number of hydrogen-bond acceptors (Lipinski definition) is 1. The van der Waals surface area contributed by atoms with Crippen LogP contribution in [0.4, 0.5) is 0 Å². The molecule has 1 fully saturated rings. The van der Waals surface area contributed by atoms with Gasteiger partial charge < -0.3 is 4.74 Å². The summed E-state index contributed by atoms with van der Waals surface area (Å²) in [5.74, 6) is 0. The Hall–Kier alpha value is -0.0400. The van der Waals surface area contributed by atoms with Crippen molar-refractivity contribution in [2.45, 2.75) is 74.0 Å². The van der Waals surface area contributed by atoms with Crippen LogP contribution in [-0.2, 0) is 4.74 Å². The van der Waals surface area contributed by atoms with Gasteiger partial charge in [-0.25, -0.2) is 0 Å². The third-order valence-corrected chi connectivity index (χ3v) is 6.17. The lowest BCUT2D eigenvalue weighted by molar-refractivity contribution is -0.283. The Labute approximate surface area is 95.6 Å². The van der Waals surface area contributed by atoms with Crippen LogP contribution >= 0.6 is 0 Å². The van der Waals surface area contributed by atoms with Gasteiger partial charge in [0.05, 0.1) is 11.7 Å². The molecule has 0 bridgehead atoms. The summed E-state index contributed by atoms with van der Waals surface area (Å²) in [5.41, 5.74) is 0.550. The molecule has 1 rings (SSSR count). The van der Waals surface area contributed by atoms with E-state index in [-0.39, 0.29) is 21.8 Å². The molecule has 90 valence electrons. The normalized spacial score (nSPS) is 36.2. The van der Waals surface area contributed by atoms with Gasteiger partial charge in [-0.3, -0.25) is 0 Å². The van der Waals surface area contributed by atoms with Crippen molar-refractivity contribution in [1.82, 2.24) is 0 Å². The van der Waals surface area contributed by atoms with Gasteiger partial charge in [0.15, 0.2) is 0 Å². The molecule has 1 heterocycles. The van der Waals surface area contributed by atoms with E-state index in [2.05, 4.69) is 62.3 Å². The van der Waals surface area contributed by atoms with Crippen LogP contribution in [0.15, 0.2) is 0 Å². The molecule has 0 amide bonds. The largest absolute Gasteiger partial charge is 0.371 e. The first kappa shape index (κ1) is 13.0. The van der Waals surface area contributed by atoms with Gasteiger partial charge >= 0.3 is 0 Å². The number of rotatable bonds is 0. The molecule has 1 unspecified atom stereocenters. The molecule has 1 aliphatic rings.